The quantitative estimate of drug-likeness (QED) is 0.357. The summed E-state index contributed by atoms with van der Waals surface area (Å²) < 4.78 is 7.82. The fraction of sp³-hybridized carbons (Fsp3) is 0.452. The van der Waals surface area contributed by atoms with Crippen LogP contribution in [0.1, 0.15) is 67.4 Å². The molecule has 1 saturated heterocycles. The molecule has 1 aromatic heterocycles. The van der Waals surface area contributed by atoms with Crippen molar-refractivity contribution in [2.24, 2.45) is 5.92 Å². The van der Waals surface area contributed by atoms with Gasteiger partial charge in [0.05, 0.1) is 17.8 Å². The first-order chi connectivity index (χ1) is 18.8. The second-order valence-electron chi connectivity index (χ2n) is 11.3. The molecule has 1 saturated carbocycles. The Bertz CT molecular complexity index is 1370. The Kier molecular flexibility index (Phi) is 8.02. The zero-order valence-electron chi connectivity index (χ0n) is 23.1. The molecular weight excluding hydrogens is 490 g/mol. The van der Waals surface area contributed by atoms with Crippen LogP contribution in [0.3, 0.4) is 0 Å². The minimum atomic E-state index is -0.627. The number of ether oxygens (including phenoxy) is 1. The van der Waals surface area contributed by atoms with Gasteiger partial charge in [-0.1, -0.05) is 24.3 Å². The van der Waals surface area contributed by atoms with Gasteiger partial charge in [0, 0.05) is 29.6 Å². The van der Waals surface area contributed by atoms with Gasteiger partial charge >= 0.3 is 0 Å². The van der Waals surface area contributed by atoms with E-state index in [0.717, 1.165) is 49.2 Å². The summed E-state index contributed by atoms with van der Waals surface area (Å²) in [5, 5.41) is 9.80. The third-order valence-electron chi connectivity index (χ3n) is 7.72. The summed E-state index contributed by atoms with van der Waals surface area (Å²) in [6, 6.07) is 13.7. The topological polar surface area (TPSA) is 97.3 Å². The van der Waals surface area contributed by atoms with Crippen molar-refractivity contribution < 1.29 is 9.53 Å². The van der Waals surface area contributed by atoms with E-state index < -0.39 is 5.54 Å². The molecule has 2 heterocycles. The summed E-state index contributed by atoms with van der Waals surface area (Å²) in [6.45, 7) is 8.80. The molecule has 8 heteroatoms. The molecule has 5 rings (SSSR count). The zero-order chi connectivity index (χ0) is 27.4. The molecule has 0 spiro atoms. The highest BCUT2D eigenvalue weighted by Crippen LogP contribution is 2.32. The highest BCUT2D eigenvalue weighted by atomic mass is 16.5. The molecule has 0 atom stereocenters. The van der Waals surface area contributed by atoms with Gasteiger partial charge in [-0.3, -0.25) is 14.2 Å². The van der Waals surface area contributed by atoms with Crippen molar-refractivity contribution in [1.82, 2.24) is 20.2 Å². The van der Waals surface area contributed by atoms with Gasteiger partial charge in [0.1, 0.15) is 5.75 Å². The standard InChI is InChI=1S/C31H39N5O3/c1-21-8-9-23(29(37)34-24-10-11-24)20-26(21)36-18-17-33-28(30(36)38)35-31(2,3)25-6-4-5-7-27(25)39-19-14-22-12-15-32-16-13-22/h4-9,17-18,20,22,24,32H,10-16,19H2,1-3H3,(H,33,35)(H,34,37). The van der Waals surface area contributed by atoms with Gasteiger partial charge in [0.2, 0.25) is 0 Å². The fourth-order valence-electron chi connectivity index (χ4n) is 5.17. The first kappa shape index (κ1) is 26.9. The molecule has 39 heavy (non-hydrogen) atoms. The lowest BCUT2D eigenvalue weighted by atomic mass is 9.93. The van der Waals surface area contributed by atoms with Crippen LogP contribution >= 0.6 is 0 Å². The molecule has 206 valence electrons. The number of aryl methyl sites for hydroxylation is 1. The van der Waals surface area contributed by atoms with Crippen LogP contribution in [0.15, 0.2) is 59.7 Å². The maximum atomic E-state index is 13.6. The van der Waals surface area contributed by atoms with Gasteiger partial charge in [-0.25, -0.2) is 4.98 Å². The number of carbonyl (C=O) groups excluding carboxylic acids is 1. The molecule has 1 amide bonds. The van der Waals surface area contributed by atoms with Crippen LogP contribution in [-0.4, -0.2) is 41.2 Å². The smallest absolute Gasteiger partial charge is 0.297 e. The van der Waals surface area contributed by atoms with Crippen LogP contribution in [0.25, 0.3) is 5.69 Å². The number of aromatic nitrogens is 2. The Balaban J connectivity index is 1.35. The van der Waals surface area contributed by atoms with Crippen LogP contribution < -0.4 is 26.2 Å². The largest absolute Gasteiger partial charge is 0.493 e. The lowest BCUT2D eigenvalue weighted by molar-refractivity contribution is 0.0951. The number of rotatable bonds is 10. The summed E-state index contributed by atoms with van der Waals surface area (Å²) in [5.74, 6) is 1.63. The molecule has 1 aliphatic heterocycles. The Hall–Kier alpha value is -3.65. The van der Waals surface area contributed by atoms with Crippen LogP contribution in [0.5, 0.6) is 5.75 Å². The van der Waals surface area contributed by atoms with E-state index in [9.17, 15) is 9.59 Å². The maximum Gasteiger partial charge on any atom is 0.297 e. The van der Waals surface area contributed by atoms with Crippen LogP contribution in [0.4, 0.5) is 5.82 Å². The zero-order valence-corrected chi connectivity index (χ0v) is 23.1. The van der Waals surface area contributed by atoms with Crippen molar-refractivity contribution in [3.63, 3.8) is 0 Å². The second kappa shape index (κ2) is 11.6. The number of benzene rings is 2. The highest BCUT2D eigenvalue weighted by molar-refractivity contribution is 5.95. The number of hydrogen-bond acceptors (Lipinski definition) is 6. The molecule has 0 radical (unpaired) electrons. The van der Waals surface area contributed by atoms with Crippen molar-refractivity contribution >= 4 is 11.7 Å². The van der Waals surface area contributed by atoms with Gasteiger partial charge in [0.25, 0.3) is 11.5 Å². The molecule has 2 aromatic carbocycles. The average Bonchev–Trinajstić information content (AvgIpc) is 3.75. The Labute approximate surface area is 230 Å². The molecule has 3 aromatic rings. The summed E-state index contributed by atoms with van der Waals surface area (Å²) in [6.07, 6.45) is 8.71. The minimum absolute atomic E-state index is 0.114. The number of piperidine rings is 1. The minimum Gasteiger partial charge on any atom is -0.493 e. The number of nitrogens with one attached hydrogen (secondary N) is 3. The van der Waals surface area contributed by atoms with Crippen molar-refractivity contribution in [1.29, 1.82) is 0 Å². The average molecular weight is 530 g/mol. The van der Waals surface area contributed by atoms with Crippen molar-refractivity contribution in [2.45, 2.75) is 64.5 Å². The van der Waals surface area contributed by atoms with E-state index >= 15 is 0 Å². The first-order valence-corrected chi connectivity index (χ1v) is 14.0. The van der Waals surface area contributed by atoms with Crippen molar-refractivity contribution in [3.8, 4) is 11.4 Å². The maximum absolute atomic E-state index is 13.6. The summed E-state index contributed by atoms with van der Waals surface area (Å²) in [4.78, 5) is 30.7. The van der Waals surface area contributed by atoms with Gasteiger partial charge in [0.15, 0.2) is 5.82 Å². The number of anilines is 1. The lowest BCUT2D eigenvalue weighted by Gasteiger charge is -2.29. The Morgan fingerprint density at radius 1 is 1.13 bits per heavy atom. The molecular formula is C31H39N5O3. The van der Waals surface area contributed by atoms with Crippen LogP contribution in [0.2, 0.25) is 0 Å². The molecule has 0 bridgehead atoms. The van der Waals surface area contributed by atoms with E-state index in [1.807, 2.05) is 51.1 Å². The normalized spacial score (nSPS) is 16.1. The molecule has 2 fully saturated rings. The molecule has 3 N–H and O–H groups in total. The predicted molar refractivity (Wildman–Crippen MR) is 154 cm³/mol. The van der Waals surface area contributed by atoms with E-state index in [2.05, 4.69) is 20.9 Å². The highest BCUT2D eigenvalue weighted by Gasteiger charge is 2.27. The second-order valence-corrected chi connectivity index (χ2v) is 11.3. The van der Waals surface area contributed by atoms with E-state index in [0.29, 0.717) is 23.8 Å². The summed E-state index contributed by atoms with van der Waals surface area (Å²) in [7, 11) is 0. The number of carbonyl (C=O) groups is 1. The number of para-hydroxylation sites is 1. The van der Waals surface area contributed by atoms with Gasteiger partial charge in [-0.15, -0.1) is 0 Å². The first-order valence-electron chi connectivity index (χ1n) is 14.0. The Morgan fingerprint density at radius 2 is 1.90 bits per heavy atom. The van der Waals surface area contributed by atoms with Gasteiger partial charge in [-0.05, 0) is 95.6 Å². The van der Waals surface area contributed by atoms with E-state index in [1.54, 1.807) is 29.1 Å². The molecule has 0 unspecified atom stereocenters. The van der Waals surface area contributed by atoms with Crippen molar-refractivity contribution in [3.05, 3.63) is 81.9 Å². The Morgan fingerprint density at radius 3 is 2.67 bits per heavy atom. The van der Waals surface area contributed by atoms with E-state index in [4.69, 9.17) is 4.74 Å². The summed E-state index contributed by atoms with van der Waals surface area (Å²) >= 11 is 0. The van der Waals surface area contributed by atoms with E-state index in [1.165, 1.54) is 12.8 Å². The lowest BCUT2D eigenvalue weighted by Crippen LogP contribution is -2.34. The predicted octanol–water partition coefficient (Wildman–Crippen LogP) is 4.55. The number of amides is 1. The third kappa shape index (κ3) is 6.50. The van der Waals surface area contributed by atoms with Gasteiger partial charge in [-0.2, -0.15) is 0 Å². The van der Waals surface area contributed by atoms with E-state index in [-0.39, 0.29) is 23.3 Å². The van der Waals surface area contributed by atoms with Crippen LogP contribution in [0, 0.1) is 12.8 Å². The number of nitrogens with zero attached hydrogens (tertiary/aromatic N) is 2. The SMILES string of the molecule is Cc1ccc(C(=O)NC2CC2)cc1-n1ccnc(NC(C)(C)c2ccccc2OCCC2CCNCC2)c1=O. The third-order valence-corrected chi connectivity index (χ3v) is 7.72. The van der Waals surface area contributed by atoms with Gasteiger partial charge < -0.3 is 20.7 Å². The van der Waals surface area contributed by atoms with Crippen molar-refractivity contribution in [2.75, 3.05) is 25.0 Å². The van der Waals surface area contributed by atoms with Crippen LogP contribution in [-0.2, 0) is 5.54 Å². The molecule has 8 nitrogen and oxygen atoms in total. The molecule has 1 aliphatic carbocycles. The monoisotopic (exact) mass is 529 g/mol. The fourth-order valence-corrected chi connectivity index (χ4v) is 5.17. The molecule has 2 aliphatic rings. The number of hydrogen-bond donors (Lipinski definition) is 3. The summed E-state index contributed by atoms with van der Waals surface area (Å²) in [5.41, 5.74) is 2.14.